The standard InChI is InChI=1S/C22H26Cl2O/c1-4-5-6-7-19-20(23)14-18(15-21(19)24)22(2,3)17-10-8-16(9-11-17)12-13-25/h8-11,13-15H,4-7,12H2,1-3H3. The Morgan fingerprint density at radius 3 is 2.08 bits per heavy atom. The number of carbonyl (C=O) groups excluding carboxylic acids is 1. The lowest BCUT2D eigenvalue weighted by atomic mass is 9.77. The molecule has 0 aliphatic rings. The van der Waals surface area contributed by atoms with Crippen LogP contribution in [0.5, 0.6) is 0 Å². The van der Waals surface area contributed by atoms with Gasteiger partial charge in [0.2, 0.25) is 0 Å². The number of benzene rings is 2. The molecule has 2 aromatic carbocycles. The molecule has 0 bridgehead atoms. The molecule has 0 aliphatic carbocycles. The topological polar surface area (TPSA) is 17.1 Å². The molecule has 0 aromatic heterocycles. The summed E-state index contributed by atoms with van der Waals surface area (Å²) in [5.74, 6) is 0. The molecule has 0 fully saturated rings. The van der Waals surface area contributed by atoms with Gasteiger partial charge in [-0.1, -0.05) is 81.1 Å². The number of hydrogen-bond donors (Lipinski definition) is 0. The maximum Gasteiger partial charge on any atom is 0.124 e. The Bertz CT molecular complexity index is 694. The lowest BCUT2D eigenvalue weighted by Crippen LogP contribution is -2.19. The summed E-state index contributed by atoms with van der Waals surface area (Å²) < 4.78 is 0. The van der Waals surface area contributed by atoms with Crippen molar-refractivity contribution in [2.75, 3.05) is 0 Å². The molecule has 2 rings (SSSR count). The second kappa shape index (κ2) is 8.87. The Morgan fingerprint density at radius 1 is 0.960 bits per heavy atom. The van der Waals surface area contributed by atoms with Gasteiger partial charge in [-0.2, -0.15) is 0 Å². The Balaban J connectivity index is 2.30. The largest absolute Gasteiger partial charge is 0.303 e. The minimum Gasteiger partial charge on any atom is -0.303 e. The van der Waals surface area contributed by atoms with Crippen LogP contribution < -0.4 is 0 Å². The molecule has 3 heteroatoms. The molecule has 0 unspecified atom stereocenters. The molecule has 134 valence electrons. The number of unbranched alkanes of at least 4 members (excludes halogenated alkanes) is 2. The zero-order chi connectivity index (χ0) is 18.4. The third-order valence-electron chi connectivity index (χ3n) is 4.89. The van der Waals surface area contributed by atoms with Crippen molar-refractivity contribution in [2.24, 2.45) is 0 Å². The molecule has 0 saturated carbocycles. The van der Waals surface area contributed by atoms with Gasteiger partial charge in [0.25, 0.3) is 0 Å². The molecule has 25 heavy (non-hydrogen) atoms. The van der Waals surface area contributed by atoms with Gasteiger partial charge in [-0.05, 0) is 47.2 Å². The van der Waals surface area contributed by atoms with E-state index in [0.29, 0.717) is 6.42 Å². The van der Waals surface area contributed by atoms with Crippen LogP contribution in [0.3, 0.4) is 0 Å². The normalized spacial score (nSPS) is 11.6. The van der Waals surface area contributed by atoms with Crippen molar-refractivity contribution in [3.8, 4) is 0 Å². The summed E-state index contributed by atoms with van der Waals surface area (Å²) in [6.45, 7) is 6.52. The lowest BCUT2D eigenvalue weighted by molar-refractivity contribution is -0.107. The second-order valence-corrected chi connectivity index (χ2v) is 7.88. The van der Waals surface area contributed by atoms with Crippen molar-refractivity contribution < 1.29 is 4.79 Å². The molecular formula is C22H26Cl2O. The molecule has 0 N–H and O–H groups in total. The van der Waals surface area contributed by atoms with Crippen LogP contribution in [0.25, 0.3) is 0 Å². The fourth-order valence-corrected chi connectivity index (χ4v) is 3.75. The van der Waals surface area contributed by atoms with Crippen LogP contribution in [-0.4, -0.2) is 6.29 Å². The Hall–Kier alpha value is -1.31. The molecule has 0 amide bonds. The van der Waals surface area contributed by atoms with E-state index in [-0.39, 0.29) is 5.41 Å². The molecule has 0 spiro atoms. The first-order chi connectivity index (χ1) is 11.9. The lowest BCUT2D eigenvalue weighted by Gasteiger charge is -2.27. The van der Waals surface area contributed by atoms with E-state index in [2.05, 4.69) is 32.9 Å². The van der Waals surface area contributed by atoms with Crippen LogP contribution in [-0.2, 0) is 23.1 Å². The Morgan fingerprint density at radius 2 is 1.56 bits per heavy atom. The van der Waals surface area contributed by atoms with E-state index in [1.54, 1.807) is 0 Å². The highest BCUT2D eigenvalue weighted by Gasteiger charge is 2.25. The van der Waals surface area contributed by atoms with E-state index in [9.17, 15) is 4.79 Å². The fourth-order valence-electron chi connectivity index (χ4n) is 3.07. The predicted molar refractivity (Wildman–Crippen MR) is 108 cm³/mol. The molecule has 0 aliphatic heterocycles. The van der Waals surface area contributed by atoms with Crippen LogP contribution in [0.1, 0.15) is 62.3 Å². The van der Waals surface area contributed by atoms with E-state index in [0.717, 1.165) is 45.9 Å². The predicted octanol–water partition coefficient (Wildman–Crippen LogP) is 6.79. The highest BCUT2D eigenvalue weighted by Crippen LogP contribution is 2.37. The summed E-state index contributed by atoms with van der Waals surface area (Å²) in [7, 11) is 0. The van der Waals surface area contributed by atoms with Crippen molar-refractivity contribution in [3.63, 3.8) is 0 Å². The summed E-state index contributed by atoms with van der Waals surface area (Å²) in [6, 6.07) is 12.3. The quantitative estimate of drug-likeness (QED) is 0.365. The smallest absolute Gasteiger partial charge is 0.124 e. The van der Waals surface area contributed by atoms with Gasteiger partial charge in [0.1, 0.15) is 6.29 Å². The van der Waals surface area contributed by atoms with Crippen molar-refractivity contribution in [1.82, 2.24) is 0 Å². The minimum atomic E-state index is -0.213. The fraction of sp³-hybridized carbons (Fsp3) is 0.409. The van der Waals surface area contributed by atoms with Crippen molar-refractivity contribution in [3.05, 3.63) is 68.7 Å². The molecule has 0 atom stereocenters. The molecule has 0 saturated heterocycles. The van der Waals surface area contributed by atoms with Gasteiger partial charge < -0.3 is 4.79 Å². The summed E-state index contributed by atoms with van der Waals surface area (Å²) in [4.78, 5) is 10.6. The second-order valence-electron chi connectivity index (χ2n) is 7.07. The first-order valence-corrected chi connectivity index (χ1v) is 9.67. The number of hydrogen-bond acceptors (Lipinski definition) is 1. The monoisotopic (exact) mass is 376 g/mol. The van der Waals surface area contributed by atoms with Gasteiger partial charge in [-0.15, -0.1) is 0 Å². The van der Waals surface area contributed by atoms with Gasteiger partial charge in [0.05, 0.1) is 0 Å². The number of rotatable bonds is 8. The zero-order valence-corrected chi connectivity index (χ0v) is 16.8. The van der Waals surface area contributed by atoms with Gasteiger partial charge in [0.15, 0.2) is 0 Å². The SMILES string of the molecule is CCCCCc1c(Cl)cc(C(C)(C)c2ccc(CC=O)cc2)cc1Cl. The molecule has 1 nitrogen and oxygen atoms in total. The molecule has 2 aromatic rings. The molecular weight excluding hydrogens is 351 g/mol. The number of aldehydes is 1. The highest BCUT2D eigenvalue weighted by molar-refractivity contribution is 6.36. The first kappa shape index (κ1) is 20.0. The molecule has 0 heterocycles. The third kappa shape index (κ3) is 4.86. The first-order valence-electron chi connectivity index (χ1n) is 8.91. The van der Waals surface area contributed by atoms with Crippen molar-refractivity contribution in [2.45, 2.75) is 58.3 Å². The summed E-state index contributed by atoms with van der Waals surface area (Å²) in [5.41, 5.74) is 4.14. The van der Waals surface area contributed by atoms with Gasteiger partial charge >= 0.3 is 0 Å². The van der Waals surface area contributed by atoms with Crippen LogP contribution >= 0.6 is 23.2 Å². The summed E-state index contributed by atoms with van der Waals surface area (Å²) in [5, 5.41) is 1.51. The number of carbonyl (C=O) groups is 1. The zero-order valence-electron chi connectivity index (χ0n) is 15.2. The minimum absolute atomic E-state index is 0.213. The summed E-state index contributed by atoms with van der Waals surface area (Å²) in [6.07, 6.45) is 5.78. The van der Waals surface area contributed by atoms with Gasteiger partial charge in [-0.3, -0.25) is 0 Å². The summed E-state index contributed by atoms with van der Waals surface area (Å²) >= 11 is 13.1. The number of halogens is 2. The highest BCUT2D eigenvalue weighted by atomic mass is 35.5. The van der Waals surface area contributed by atoms with Gasteiger partial charge in [0, 0.05) is 21.9 Å². The maximum absolute atomic E-state index is 10.6. The van der Waals surface area contributed by atoms with Crippen LogP contribution in [0, 0.1) is 0 Å². The Labute approximate surface area is 161 Å². The van der Waals surface area contributed by atoms with Crippen LogP contribution in [0.2, 0.25) is 10.0 Å². The van der Waals surface area contributed by atoms with Gasteiger partial charge in [-0.25, -0.2) is 0 Å². The third-order valence-corrected chi connectivity index (χ3v) is 5.56. The maximum atomic E-state index is 10.6. The van der Waals surface area contributed by atoms with E-state index < -0.39 is 0 Å². The van der Waals surface area contributed by atoms with E-state index in [1.807, 2.05) is 24.3 Å². The van der Waals surface area contributed by atoms with Crippen molar-refractivity contribution in [1.29, 1.82) is 0 Å². The van der Waals surface area contributed by atoms with E-state index in [4.69, 9.17) is 23.2 Å². The Kier molecular flexibility index (Phi) is 7.10. The average Bonchev–Trinajstić information content (AvgIpc) is 2.58. The van der Waals surface area contributed by atoms with Crippen molar-refractivity contribution >= 4 is 29.5 Å². The van der Waals surface area contributed by atoms with Crippen LogP contribution in [0.15, 0.2) is 36.4 Å². The van der Waals surface area contributed by atoms with E-state index in [1.165, 1.54) is 18.4 Å². The average molecular weight is 377 g/mol. The van der Waals surface area contributed by atoms with E-state index >= 15 is 0 Å². The van der Waals surface area contributed by atoms with Crippen LogP contribution in [0.4, 0.5) is 0 Å². The molecule has 0 radical (unpaired) electrons.